The molecule has 55 valence electrons. The van der Waals surface area contributed by atoms with Crippen LogP contribution in [0.3, 0.4) is 0 Å². The lowest BCUT2D eigenvalue weighted by Crippen LogP contribution is -2.00. The first kappa shape index (κ1) is 8.96. The van der Waals surface area contributed by atoms with Crippen LogP contribution in [0.4, 0.5) is 0 Å². The van der Waals surface area contributed by atoms with Gasteiger partial charge < -0.3 is 0 Å². The zero-order chi connectivity index (χ0) is 7.28. The second-order valence-electron chi connectivity index (χ2n) is 3.24. The summed E-state index contributed by atoms with van der Waals surface area (Å²) in [4.78, 5) is 0. The Kier molecular flexibility index (Phi) is 4.78. The molecular weight excluding hydrogens is 112 g/mol. The Labute approximate surface area is 58.1 Å². The molecule has 0 heterocycles. The van der Waals surface area contributed by atoms with E-state index < -0.39 is 0 Å². The summed E-state index contributed by atoms with van der Waals surface area (Å²) in [5.74, 6) is 1.13. The van der Waals surface area contributed by atoms with Crippen molar-refractivity contribution >= 4 is 0 Å². The fraction of sp³-hybridized carbons (Fsp3) is 1.00. The number of rotatable bonds is 4. The lowest BCUT2D eigenvalue weighted by atomic mass is 10.0. The molecule has 1 radical (unpaired) electrons. The molecule has 0 bridgehead atoms. The van der Waals surface area contributed by atoms with Crippen LogP contribution in [-0.2, 0) is 5.11 Å². The van der Waals surface area contributed by atoms with Crippen molar-refractivity contribution in [3.63, 3.8) is 0 Å². The van der Waals surface area contributed by atoms with Gasteiger partial charge in [-0.1, -0.05) is 27.2 Å². The summed E-state index contributed by atoms with van der Waals surface area (Å²) in [7, 11) is 0. The zero-order valence-electron chi connectivity index (χ0n) is 6.68. The summed E-state index contributed by atoms with van der Waals surface area (Å²) < 4.78 is 0. The highest BCUT2D eigenvalue weighted by Gasteiger charge is 2.01. The molecule has 0 aliphatic rings. The van der Waals surface area contributed by atoms with E-state index in [1.165, 1.54) is 6.42 Å². The third-order valence-electron chi connectivity index (χ3n) is 1.52. The van der Waals surface area contributed by atoms with Gasteiger partial charge >= 0.3 is 0 Å². The van der Waals surface area contributed by atoms with Gasteiger partial charge in [0.15, 0.2) is 0 Å². The molecule has 0 aromatic heterocycles. The maximum atomic E-state index is 10.2. The van der Waals surface area contributed by atoms with Gasteiger partial charge in [-0.05, 0) is 18.3 Å². The molecule has 0 N–H and O–H groups in total. The number of hydrogen-bond acceptors (Lipinski definition) is 0. The van der Waals surface area contributed by atoms with Gasteiger partial charge in [-0.25, -0.2) is 5.11 Å². The summed E-state index contributed by atoms with van der Waals surface area (Å²) >= 11 is 0. The van der Waals surface area contributed by atoms with E-state index in [0.717, 1.165) is 12.3 Å². The Morgan fingerprint density at radius 2 is 1.67 bits per heavy atom. The van der Waals surface area contributed by atoms with Crippen molar-refractivity contribution in [2.24, 2.45) is 11.8 Å². The second-order valence-corrected chi connectivity index (χ2v) is 3.24. The third-order valence-corrected chi connectivity index (χ3v) is 1.52. The Balaban J connectivity index is 3.06. The third kappa shape index (κ3) is 5.84. The van der Waals surface area contributed by atoms with Crippen LogP contribution < -0.4 is 0 Å². The molecule has 1 unspecified atom stereocenters. The predicted molar refractivity (Wildman–Crippen MR) is 38.8 cm³/mol. The molecule has 1 atom stereocenters. The zero-order valence-corrected chi connectivity index (χ0v) is 6.68. The van der Waals surface area contributed by atoms with Gasteiger partial charge in [-0.2, -0.15) is 0 Å². The SMILES string of the molecule is CC(C)CCC(C)C[O]. The Hall–Kier alpha value is -0.0400. The van der Waals surface area contributed by atoms with Gasteiger partial charge in [0.05, 0.1) is 6.61 Å². The molecule has 1 heteroatoms. The molecular formula is C8H17O. The molecule has 0 rings (SSSR count). The highest BCUT2D eigenvalue weighted by Crippen LogP contribution is 2.10. The van der Waals surface area contributed by atoms with Crippen molar-refractivity contribution in [3.05, 3.63) is 0 Å². The van der Waals surface area contributed by atoms with Crippen LogP contribution in [0.15, 0.2) is 0 Å². The lowest BCUT2D eigenvalue weighted by molar-refractivity contribution is 0.143. The van der Waals surface area contributed by atoms with E-state index in [0.29, 0.717) is 5.92 Å². The Morgan fingerprint density at radius 3 is 2.00 bits per heavy atom. The van der Waals surface area contributed by atoms with Gasteiger partial charge in [0, 0.05) is 0 Å². The number of hydrogen-bond donors (Lipinski definition) is 0. The van der Waals surface area contributed by atoms with Crippen molar-refractivity contribution < 1.29 is 5.11 Å². The van der Waals surface area contributed by atoms with Crippen LogP contribution in [0.25, 0.3) is 0 Å². The monoisotopic (exact) mass is 129 g/mol. The van der Waals surface area contributed by atoms with Crippen LogP contribution in [0.5, 0.6) is 0 Å². The molecule has 9 heavy (non-hydrogen) atoms. The summed E-state index contributed by atoms with van der Waals surface area (Å²) in [5.41, 5.74) is 0. The van der Waals surface area contributed by atoms with E-state index in [9.17, 15) is 5.11 Å². The molecule has 0 aromatic carbocycles. The standard InChI is InChI=1S/C8H17O/c1-7(2)4-5-8(3)6-9/h7-8H,4-6H2,1-3H3. The molecule has 1 nitrogen and oxygen atoms in total. The average Bonchev–Trinajstić information content (AvgIpc) is 1.83. The largest absolute Gasteiger partial charge is 0.236 e. The highest BCUT2D eigenvalue weighted by molar-refractivity contribution is 4.52. The molecule has 0 saturated carbocycles. The minimum absolute atomic E-state index is 0.0900. The minimum atomic E-state index is 0.0900. The van der Waals surface area contributed by atoms with Crippen LogP contribution in [0.1, 0.15) is 33.6 Å². The predicted octanol–water partition coefficient (Wildman–Crippen LogP) is 2.49. The van der Waals surface area contributed by atoms with E-state index in [4.69, 9.17) is 0 Å². The quantitative estimate of drug-likeness (QED) is 0.555. The lowest BCUT2D eigenvalue weighted by Gasteiger charge is -2.07. The normalized spacial score (nSPS) is 14.3. The molecule has 0 aliphatic carbocycles. The maximum Gasteiger partial charge on any atom is 0.0847 e. The van der Waals surface area contributed by atoms with Gasteiger partial charge in [0.1, 0.15) is 0 Å². The van der Waals surface area contributed by atoms with Crippen LogP contribution in [0, 0.1) is 11.8 Å². The van der Waals surface area contributed by atoms with E-state index >= 15 is 0 Å². The van der Waals surface area contributed by atoms with E-state index in [1.807, 2.05) is 6.92 Å². The van der Waals surface area contributed by atoms with Crippen molar-refractivity contribution in [3.8, 4) is 0 Å². The molecule has 0 spiro atoms. The maximum absolute atomic E-state index is 10.2. The van der Waals surface area contributed by atoms with Gasteiger partial charge in [0.25, 0.3) is 0 Å². The van der Waals surface area contributed by atoms with Crippen molar-refractivity contribution in [1.82, 2.24) is 0 Å². The topological polar surface area (TPSA) is 19.9 Å². The van der Waals surface area contributed by atoms with Crippen LogP contribution in [-0.4, -0.2) is 6.61 Å². The van der Waals surface area contributed by atoms with Gasteiger partial charge in [-0.15, -0.1) is 0 Å². The summed E-state index contributed by atoms with van der Waals surface area (Å²) in [6.45, 7) is 6.50. The molecule has 0 aliphatic heterocycles. The van der Waals surface area contributed by atoms with Crippen molar-refractivity contribution in [1.29, 1.82) is 0 Å². The Morgan fingerprint density at radius 1 is 1.11 bits per heavy atom. The fourth-order valence-electron chi connectivity index (χ4n) is 0.701. The Bertz CT molecular complexity index is 59.6. The molecule has 0 saturated heterocycles. The second kappa shape index (κ2) is 4.80. The first-order valence-electron chi connectivity index (χ1n) is 3.75. The van der Waals surface area contributed by atoms with Crippen molar-refractivity contribution in [2.75, 3.05) is 6.61 Å². The molecule has 0 amide bonds. The molecule has 0 fully saturated rings. The molecule has 0 aromatic rings. The van der Waals surface area contributed by atoms with Gasteiger partial charge in [0.2, 0.25) is 0 Å². The summed E-state index contributed by atoms with van der Waals surface area (Å²) in [5, 5.41) is 10.2. The van der Waals surface area contributed by atoms with Crippen molar-refractivity contribution in [2.45, 2.75) is 33.6 Å². The van der Waals surface area contributed by atoms with Gasteiger partial charge in [-0.3, -0.25) is 0 Å². The first-order chi connectivity index (χ1) is 4.16. The summed E-state index contributed by atoms with van der Waals surface area (Å²) in [6.07, 6.45) is 2.30. The van der Waals surface area contributed by atoms with Crippen LogP contribution in [0.2, 0.25) is 0 Å². The summed E-state index contributed by atoms with van der Waals surface area (Å²) in [6, 6.07) is 0. The average molecular weight is 129 g/mol. The first-order valence-corrected chi connectivity index (χ1v) is 3.75. The smallest absolute Gasteiger partial charge is 0.0847 e. The van der Waals surface area contributed by atoms with E-state index in [-0.39, 0.29) is 6.61 Å². The fourth-order valence-corrected chi connectivity index (χ4v) is 0.701. The highest BCUT2D eigenvalue weighted by atomic mass is 16.3. The van der Waals surface area contributed by atoms with E-state index in [1.54, 1.807) is 0 Å². The van der Waals surface area contributed by atoms with E-state index in [2.05, 4.69) is 13.8 Å². The van der Waals surface area contributed by atoms with Crippen LogP contribution >= 0.6 is 0 Å². The minimum Gasteiger partial charge on any atom is -0.236 e.